The minimum Gasteiger partial charge on any atom is -0.457 e. The number of ether oxygens (including phenoxy) is 1. The molecule has 9 nitrogen and oxygen atoms in total. The summed E-state index contributed by atoms with van der Waals surface area (Å²) in [5.41, 5.74) is 3.10. The minimum absolute atomic E-state index is 0.221. The molecule has 0 unspecified atom stereocenters. The summed E-state index contributed by atoms with van der Waals surface area (Å²) in [6.07, 6.45) is 6.43. The maximum Gasteiger partial charge on any atom is 0.264 e. The molecule has 186 valence electrons. The molecule has 0 saturated carbocycles. The number of rotatable bonds is 5. The van der Waals surface area contributed by atoms with Gasteiger partial charge in [0.15, 0.2) is 0 Å². The molecular formula is C27H24FN7O2. The smallest absolute Gasteiger partial charge is 0.264 e. The molecule has 37 heavy (non-hydrogen) atoms. The van der Waals surface area contributed by atoms with Crippen molar-refractivity contribution in [3.63, 3.8) is 0 Å². The fourth-order valence-electron chi connectivity index (χ4n) is 4.54. The highest BCUT2D eigenvalue weighted by Gasteiger charge is 2.25. The van der Waals surface area contributed by atoms with Crippen LogP contribution >= 0.6 is 0 Å². The Morgan fingerprint density at radius 2 is 1.86 bits per heavy atom. The lowest BCUT2D eigenvalue weighted by molar-refractivity contribution is 0.364. The quantitative estimate of drug-likeness (QED) is 0.361. The zero-order valence-electron chi connectivity index (χ0n) is 20.4. The third-order valence-electron chi connectivity index (χ3n) is 6.46. The van der Waals surface area contributed by atoms with Gasteiger partial charge in [-0.15, -0.1) is 0 Å². The standard InChI is InChI=1S/C27H24FN7O2/c1-33-15-18(13-31-33)25-12-21(7-9-29-25)37-20-4-6-23-17(11-20)3-5-24(32-23)22-14-30-27(34(2)26(22)36)35-10-8-19(28)16-35/h3-7,9,11-15,19H,8,10,16H2,1-2H3/t19-/m0/s1. The van der Waals surface area contributed by atoms with Crippen molar-refractivity contribution in [2.75, 3.05) is 18.0 Å². The molecule has 1 saturated heterocycles. The molecule has 1 atom stereocenters. The Morgan fingerprint density at radius 1 is 1.00 bits per heavy atom. The fraction of sp³-hybridized carbons (Fsp3) is 0.222. The molecule has 1 aliphatic heterocycles. The lowest BCUT2D eigenvalue weighted by Gasteiger charge is -2.19. The third kappa shape index (κ3) is 4.42. The van der Waals surface area contributed by atoms with Gasteiger partial charge in [0.1, 0.15) is 17.7 Å². The minimum atomic E-state index is -0.894. The van der Waals surface area contributed by atoms with Crippen molar-refractivity contribution in [2.45, 2.75) is 12.6 Å². The zero-order chi connectivity index (χ0) is 25.5. The van der Waals surface area contributed by atoms with Gasteiger partial charge < -0.3 is 9.64 Å². The molecule has 1 aromatic carbocycles. The second-order valence-corrected chi connectivity index (χ2v) is 9.10. The van der Waals surface area contributed by atoms with Crippen LogP contribution in [0.1, 0.15) is 6.42 Å². The number of nitrogens with zero attached hydrogens (tertiary/aromatic N) is 7. The van der Waals surface area contributed by atoms with Crippen LogP contribution in [0.5, 0.6) is 11.5 Å². The van der Waals surface area contributed by atoms with Gasteiger partial charge in [0, 0.05) is 56.2 Å². The molecule has 6 rings (SSSR count). The van der Waals surface area contributed by atoms with Crippen LogP contribution < -0.4 is 15.2 Å². The van der Waals surface area contributed by atoms with E-state index in [0.717, 1.165) is 22.2 Å². The van der Waals surface area contributed by atoms with Gasteiger partial charge in [0.25, 0.3) is 5.56 Å². The summed E-state index contributed by atoms with van der Waals surface area (Å²) in [4.78, 5) is 28.4. The van der Waals surface area contributed by atoms with Crippen molar-refractivity contribution in [2.24, 2.45) is 14.1 Å². The molecule has 0 bridgehead atoms. The highest BCUT2D eigenvalue weighted by molar-refractivity contribution is 5.83. The summed E-state index contributed by atoms with van der Waals surface area (Å²) >= 11 is 0. The molecule has 0 aliphatic carbocycles. The maximum atomic E-state index is 13.6. The fourth-order valence-corrected chi connectivity index (χ4v) is 4.54. The second kappa shape index (κ2) is 9.12. The van der Waals surface area contributed by atoms with Gasteiger partial charge in [-0.25, -0.2) is 14.4 Å². The number of aromatic nitrogens is 6. The van der Waals surface area contributed by atoms with Gasteiger partial charge in [-0.3, -0.25) is 19.0 Å². The molecule has 0 radical (unpaired) electrons. The van der Waals surface area contributed by atoms with Gasteiger partial charge in [-0.05, 0) is 36.8 Å². The lowest BCUT2D eigenvalue weighted by Crippen LogP contribution is -2.30. The van der Waals surface area contributed by atoms with Gasteiger partial charge in [0.2, 0.25) is 5.95 Å². The number of aryl methyl sites for hydroxylation is 1. The highest BCUT2D eigenvalue weighted by Crippen LogP contribution is 2.29. The number of pyridine rings is 2. The van der Waals surface area contributed by atoms with Crippen molar-refractivity contribution in [3.8, 4) is 34.0 Å². The summed E-state index contributed by atoms with van der Waals surface area (Å²) in [7, 11) is 3.52. The Bertz CT molecular complexity index is 1680. The number of halogens is 1. The Morgan fingerprint density at radius 3 is 2.65 bits per heavy atom. The first-order valence-corrected chi connectivity index (χ1v) is 11.9. The van der Waals surface area contributed by atoms with Crippen molar-refractivity contribution in [3.05, 3.63) is 77.6 Å². The van der Waals surface area contributed by atoms with E-state index in [1.807, 2.05) is 43.6 Å². The van der Waals surface area contributed by atoms with E-state index >= 15 is 0 Å². The molecule has 5 aromatic rings. The number of alkyl halides is 1. The van der Waals surface area contributed by atoms with Gasteiger partial charge in [-0.1, -0.05) is 6.07 Å². The Balaban J connectivity index is 1.26. The maximum absolute atomic E-state index is 13.6. The molecule has 4 aromatic heterocycles. The van der Waals surface area contributed by atoms with Gasteiger partial charge >= 0.3 is 0 Å². The monoisotopic (exact) mass is 497 g/mol. The summed E-state index contributed by atoms with van der Waals surface area (Å²) in [5, 5.41) is 5.06. The lowest BCUT2D eigenvalue weighted by atomic mass is 10.1. The number of hydrogen-bond acceptors (Lipinski definition) is 7. The van der Waals surface area contributed by atoms with E-state index in [9.17, 15) is 9.18 Å². The van der Waals surface area contributed by atoms with Crippen LogP contribution in [-0.4, -0.2) is 48.6 Å². The van der Waals surface area contributed by atoms with Crippen LogP contribution in [0, 0.1) is 0 Å². The molecule has 1 aliphatic rings. The Kier molecular flexibility index (Phi) is 5.63. The van der Waals surface area contributed by atoms with E-state index in [1.54, 1.807) is 41.2 Å². The number of benzene rings is 1. The van der Waals surface area contributed by atoms with Crippen molar-refractivity contribution in [1.82, 2.24) is 29.3 Å². The second-order valence-electron chi connectivity index (χ2n) is 9.10. The predicted octanol–water partition coefficient (Wildman–Crippen LogP) is 4.13. The summed E-state index contributed by atoms with van der Waals surface area (Å²) in [6, 6.07) is 13.0. The summed E-state index contributed by atoms with van der Waals surface area (Å²) in [6.45, 7) is 0.798. The molecule has 5 heterocycles. The molecule has 1 fully saturated rings. The van der Waals surface area contributed by atoms with E-state index < -0.39 is 6.17 Å². The Hall–Kier alpha value is -4.60. The SMILES string of the molecule is Cn1cc(-c2cc(Oc3ccc4nc(-c5cnc(N6CC[C@H](F)C6)n(C)c5=O)ccc4c3)ccn2)cn1. The summed E-state index contributed by atoms with van der Waals surface area (Å²) < 4.78 is 22.9. The highest BCUT2D eigenvalue weighted by atomic mass is 19.1. The van der Waals surface area contributed by atoms with E-state index in [0.29, 0.717) is 41.7 Å². The summed E-state index contributed by atoms with van der Waals surface area (Å²) in [5.74, 6) is 1.79. The largest absolute Gasteiger partial charge is 0.457 e. The van der Waals surface area contributed by atoms with Gasteiger partial charge in [-0.2, -0.15) is 5.10 Å². The first-order valence-electron chi connectivity index (χ1n) is 11.9. The van der Waals surface area contributed by atoms with Crippen LogP contribution in [0.4, 0.5) is 10.3 Å². The van der Waals surface area contributed by atoms with E-state index in [-0.39, 0.29) is 12.1 Å². The van der Waals surface area contributed by atoms with Crippen LogP contribution in [0.25, 0.3) is 33.4 Å². The normalized spacial score (nSPS) is 15.4. The van der Waals surface area contributed by atoms with Crippen molar-refractivity contribution in [1.29, 1.82) is 0 Å². The topological polar surface area (TPSA) is 91.0 Å². The van der Waals surface area contributed by atoms with Crippen LogP contribution in [-0.2, 0) is 14.1 Å². The molecule has 0 amide bonds. The first-order chi connectivity index (χ1) is 17.9. The number of fused-ring (bicyclic) bond motifs is 1. The van der Waals surface area contributed by atoms with Crippen LogP contribution in [0.15, 0.2) is 72.0 Å². The van der Waals surface area contributed by atoms with E-state index in [4.69, 9.17) is 4.74 Å². The van der Waals surface area contributed by atoms with Crippen molar-refractivity contribution < 1.29 is 9.13 Å². The van der Waals surface area contributed by atoms with E-state index in [1.165, 1.54) is 10.8 Å². The van der Waals surface area contributed by atoms with E-state index in [2.05, 4.69) is 20.1 Å². The van der Waals surface area contributed by atoms with Crippen molar-refractivity contribution >= 4 is 16.9 Å². The van der Waals surface area contributed by atoms with Gasteiger partial charge in [0.05, 0.1) is 35.2 Å². The third-order valence-corrected chi connectivity index (χ3v) is 6.46. The number of anilines is 1. The number of hydrogen-bond donors (Lipinski definition) is 0. The van der Waals surface area contributed by atoms with Crippen LogP contribution in [0.2, 0.25) is 0 Å². The molecule has 10 heteroatoms. The first kappa shape index (κ1) is 22.8. The average molecular weight is 498 g/mol. The average Bonchev–Trinajstić information content (AvgIpc) is 3.54. The molecule has 0 spiro atoms. The molecular weight excluding hydrogens is 473 g/mol. The molecule has 0 N–H and O–H groups in total. The predicted molar refractivity (Wildman–Crippen MR) is 138 cm³/mol. The Labute approximate surface area is 211 Å². The zero-order valence-corrected chi connectivity index (χ0v) is 20.4. The van der Waals surface area contributed by atoms with Crippen LogP contribution in [0.3, 0.4) is 0 Å².